The van der Waals surface area contributed by atoms with Gasteiger partial charge in [0.15, 0.2) is 0 Å². The first-order valence-electron chi connectivity index (χ1n) is 6.39. The van der Waals surface area contributed by atoms with Gasteiger partial charge in [-0.1, -0.05) is 0 Å². The molecule has 6 nitrogen and oxygen atoms in total. The van der Waals surface area contributed by atoms with Gasteiger partial charge in [-0.2, -0.15) is 0 Å². The fourth-order valence-corrected chi connectivity index (χ4v) is 2.21. The van der Waals surface area contributed by atoms with Gasteiger partial charge >= 0.3 is 12.1 Å². The summed E-state index contributed by atoms with van der Waals surface area (Å²) < 4.78 is 5.30. The Morgan fingerprint density at radius 3 is 2.55 bits per heavy atom. The van der Waals surface area contributed by atoms with Gasteiger partial charge < -0.3 is 14.7 Å². The predicted octanol–water partition coefficient (Wildman–Crippen LogP) is 2.64. The minimum atomic E-state index is -0.978. The first kappa shape index (κ1) is 16.4. The number of aromatic carboxylic acids is 1. The quantitative estimate of drug-likeness (QED) is 0.904. The molecule has 0 radical (unpaired) electrons. The maximum absolute atomic E-state index is 11.9. The Labute approximate surface area is 122 Å². The van der Waals surface area contributed by atoms with E-state index in [1.165, 1.54) is 6.20 Å². The molecule has 1 aromatic heterocycles. The average Bonchev–Trinajstić information content (AvgIpc) is 2.76. The largest absolute Gasteiger partial charge is 0.477 e. The van der Waals surface area contributed by atoms with Gasteiger partial charge in [0.05, 0.1) is 11.2 Å². The van der Waals surface area contributed by atoms with Crippen molar-refractivity contribution in [1.29, 1.82) is 0 Å². The van der Waals surface area contributed by atoms with Crippen LogP contribution in [0.1, 0.15) is 42.4 Å². The lowest BCUT2D eigenvalue weighted by Crippen LogP contribution is -2.37. The van der Waals surface area contributed by atoms with E-state index in [1.54, 1.807) is 4.90 Å². The van der Waals surface area contributed by atoms with Gasteiger partial charge in [0.1, 0.15) is 10.5 Å². The number of thiazole rings is 1. The van der Waals surface area contributed by atoms with Gasteiger partial charge in [-0.05, 0) is 27.7 Å². The van der Waals surface area contributed by atoms with Gasteiger partial charge in [0.25, 0.3) is 0 Å². The Kier molecular flexibility index (Phi) is 5.50. The van der Waals surface area contributed by atoms with Crippen LogP contribution in [0.4, 0.5) is 4.79 Å². The molecule has 0 bridgehead atoms. The highest BCUT2D eigenvalue weighted by atomic mass is 32.1. The Bertz CT molecular complexity index is 479. The first-order valence-corrected chi connectivity index (χ1v) is 7.20. The fraction of sp³-hybridized carbons (Fsp3) is 0.615. The standard InChI is InChI=1S/C13H20N2O4S/c1-5-15(12(18)19-13(2,3)4)7-6-10-14-8-9(20-10)11(16)17/h8H,5-7H2,1-4H3,(H,16,17). The van der Waals surface area contributed by atoms with Crippen molar-refractivity contribution >= 4 is 23.4 Å². The second-order valence-corrected chi connectivity index (χ2v) is 6.35. The number of nitrogens with zero attached hydrogens (tertiary/aromatic N) is 2. The van der Waals surface area contributed by atoms with Crippen molar-refractivity contribution < 1.29 is 19.4 Å². The fourth-order valence-electron chi connectivity index (χ4n) is 1.46. The number of likely N-dealkylation sites (N-methyl/N-ethyl adjacent to an activating group) is 1. The second-order valence-electron chi connectivity index (χ2n) is 5.23. The Balaban J connectivity index is 2.56. The van der Waals surface area contributed by atoms with E-state index in [2.05, 4.69) is 4.98 Å². The van der Waals surface area contributed by atoms with Crippen molar-refractivity contribution in [3.05, 3.63) is 16.1 Å². The number of ether oxygens (including phenoxy) is 1. The van der Waals surface area contributed by atoms with Crippen LogP contribution in [0, 0.1) is 0 Å². The second kappa shape index (κ2) is 6.69. The molecule has 0 aromatic carbocycles. The van der Waals surface area contributed by atoms with Crippen molar-refractivity contribution in [2.45, 2.75) is 39.7 Å². The maximum atomic E-state index is 11.9. The zero-order valence-corrected chi connectivity index (χ0v) is 13.0. The van der Waals surface area contributed by atoms with Gasteiger partial charge in [-0.3, -0.25) is 0 Å². The number of hydrogen-bond donors (Lipinski definition) is 1. The summed E-state index contributed by atoms with van der Waals surface area (Å²) in [5.74, 6) is -0.978. The SMILES string of the molecule is CCN(CCc1ncc(C(=O)O)s1)C(=O)OC(C)(C)C. The van der Waals surface area contributed by atoms with E-state index in [4.69, 9.17) is 9.84 Å². The van der Waals surface area contributed by atoms with E-state index in [9.17, 15) is 9.59 Å². The Hall–Kier alpha value is -1.63. The van der Waals surface area contributed by atoms with Crippen molar-refractivity contribution in [2.24, 2.45) is 0 Å². The molecule has 0 aliphatic rings. The van der Waals surface area contributed by atoms with Crippen molar-refractivity contribution in [3.8, 4) is 0 Å². The highest BCUT2D eigenvalue weighted by Crippen LogP contribution is 2.15. The molecule has 1 heterocycles. The number of carbonyl (C=O) groups excluding carboxylic acids is 1. The molecule has 112 valence electrons. The minimum Gasteiger partial charge on any atom is -0.477 e. The molecule has 1 amide bonds. The third kappa shape index (κ3) is 5.16. The third-order valence-corrected chi connectivity index (χ3v) is 3.44. The van der Waals surface area contributed by atoms with Gasteiger partial charge in [0, 0.05) is 19.5 Å². The molecule has 0 fully saturated rings. The molecular formula is C13H20N2O4S. The van der Waals surface area contributed by atoms with Crippen molar-refractivity contribution in [2.75, 3.05) is 13.1 Å². The molecule has 1 rings (SSSR count). The number of carbonyl (C=O) groups is 2. The molecular weight excluding hydrogens is 280 g/mol. The normalized spacial score (nSPS) is 11.2. The molecule has 0 aliphatic heterocycles. The Morgan fingerprint density at radius 2 is 2.10 bits per heavy atom. The van der Waals surface area contributed by atoms with Crippen LogP contribution in [0.5, 0.6) is 0 Å². The first-order chi connectivity index (χ1) is 9.23. The predicted molar refractivity (Wildman–Crippen MR) is 76.3 cm³/mol. The van der Waals surface area contributed by atoms with E-state index in [0.717, 1.165) is 11.3 Å². The average molecular weight is 300 g/mol. The molecule has 1 N–H and O–H groups in total. The van der Waals surface area contributed by atoms with Crippen molar-refractivity contribution in [3.63, 3.8) is 0 Å². The van der Waals surface area contributed by atoms with Gasteiger partial charge in [-0.15, -0.1) is 11.3 Å². The number of carboxylic acid groups (broad SMARTS) is 1. The highest BCUT2D eigenvalue weighted by molar-refractivity contribution is 7.13. The van der Waals surface area contributed by atoms with Crippen LogP contribution in [0.3, 0.4) is 0 Å². The van der Waals surface area contributed by atoms with Gasteiger partial charge in [-0.25, -0.2) is 14.6 Å². The lowest BCUT2D eigenvalue weighted by molar-refractivity contribution is 0.0262. The van der Waals surface area contributed by atoms with E-state index in [-0.39, 0.29) is 11.0 Å². The summed E-state index contributed by atoms with van der Waals surface area (Å²) in [6.07, 6.45) is 1.49. The summed E-state index contributed by atoms with van der Waals surface area (Å²) >= 11 is 1.13. The topological polar surface area (TPSA) is 79.7 Å². The zero-order valence-electron chi connectivity index (χ0n) is 12.2. The lowest BCUT2D eigenvalue weighted by atomic mass is 10.2. The van der Waals surface area contributed by atoms with E-state index in [1.807, 2.05) is 27.7 Å². The molecule has 0 spiro atoms. The summed E-state index contributed by atoms with van der Waals surface area (Å²) in [7, 11) is 0. The smallest absolute Gasteiger partial charge is 0.410 e. The van der Waals surface area contributed by atoms with E-state index in [0.29, 0.717) is 24.5 Å². The maximum Gasteiger partial charge on any atom is 0.410 e. The van der Waals surface area contributed by atoms with Crippen LogP contribution in [0.2, 0.25) is 0 Å². The summed E-state index contributed by atoms with van der Waals surface area (Å²) in [6.45, 7) is 8.31. The molecule has 0 atom stereocenters. The molecule has 1 aromatic rings. The van der Waals surface area contributed by atoms with Crippen LogP contribution in [0.25, 0.3) is 0 Å². The summed E-state index contributed by atoms with van der Waals surface area (Å²) in [5, 5.41) is 9.52. The molecule has 0 saturated carbocycles. The molecule has 20 heavy (non-hydrogen) atoms. The number of rotatable bonds is 5. The molecule has 0 saturated heterocycles. The van der Waals surface area contributed by atoms with Crippen LogP contribution in [-0.2, 0) is 11.2 Å². The van der Waals surface area contributed by atoms with Crippen molar-refractivity contribution in [1.82, 2.24) is 9.88 Å². The zero-order chi connectivity index (χ0) is 15.3. The Morgan fingerprint density at radius 1 is 1.45 bits per heavy atom. The lowest BCUT2D eigenvalue weighted by Gasteiger charge is -2.26. The number of hydrogen-bond acceptors (Lipinski definition) is 5. The van der Waals surface area contributed by atoms with E-state index >= 15 is 0 Å². The van der Waals surface area contributed by atoms with Gasteiger partial charge in [0.2, 0.25) is 0 Å². The highest BCUT2D eigenvalue weighted by Gasteiger charge is 2.21. The number of carboxylic acids is 1. The van der Waals surface area contributed by atoms with E-state index < -0.39 is 11.6 Å². The van der Waals surface area contributed by atoms with Crippen LogP contribution in [0.15, 0.2) is 6.20 Å². The number of aromatic nitrogens is 1. The molecule has 0 aliphatic carbocycles. The third-order valence-electron chi connectivity index (χ3n) is 2.39. The molecule has 7 heteroatoms. The monoisotopic (exact) mass is 300 g/mol. The molecule has 0 unspecified atom stereocenters. The summed E-state index contributed by atoms with van der Waals surface area (Å²) in [4.78, 5) is 28.5. The van der Waals surface area contributed by atoms with Crippen LogP contribution < -0.4 is 0 Å². The summed E-state index contributed by atoms with van der Waals surface area (Å²) in [6, 6.07) is 0. The number of amides is 1. The minimum absolute atomic E-state index is 0.209. The van der Waals surface area contributed by atoms with Crippen LogP contribution >= 0.6 is 11.3 Å². The van der Waals surface area contributed by atoms with Crippen LogP contribution in [-0.4, -0.2) is 45.7 Å². The summed E-state index contributed by atoms with van der Waals surface area (Å²) in [5.41, 5.74) is -0.526.